The quantitative estimate of drug-likeness (QED) is 0.121. The summed E-state index contributed by atoms with van der Waals surface area (Å²) in [5, 5.41) is 8.68. The summed E-state index contributed by atoms with van der Waals surface area (Å²) in [6, 6.07) is 25.8. The molecule has 0 spiro atoms. The molecule has 3 N–H and O–H groups in total. The summed E-state index contributed by atoms with van der Waals surface area (Å²) < 4.78 is 10.7. The van der Waals surface area contributed by atoms with Crippen LogP contribution in [0.5, 0.6) is 11.5 Å². The lowest BCUT2D eigenvalue weighted by Gasteiger charge is -2.16. The van der Waals surface area contributed by atoms with Crippen molar-refractivity contribution in [3.8, 4) is 11.5 Å². The zero-order valence-electron chi connectivity index (χ0n) is 23.4. The number of thioether (sulfide) groups is 1. The van der Waals surface area contributed by atoms with Crippen molar-refractivity contribution in [3.05, 3.63) is 118 Å². The van der Waals surface area contributed by atoms with Crippen LogP contribution in [0.1, 0.15) is 29.3 Å². The fourth-order valence-electron chi connectivity index (χ4n) is 4.26. The van der Waals surface area contributed by atoms with Crippen molar-refractivity contribution in [2.45, 2.75) is 23.5 Å². The molecule has 224 valence electrons. The molecule has 0 saturated carbocycles. The van der Waals surface area contributed by atoms with Crippen LogP contribution in [0.25, 0.3) is 6.08 Å². The summed E-state index contributed by atoms with van der Waals surface area (Å²) in [6.07, 6.45) is 2.00. The lowest BCUT2D eigenvalue weighted by Crippen LogP contribution is -2.30. The number of carbonyl (C=O) groups excluding carboxylic acids is 3. The van der Waals surface area contributed by atoms with Gasteiger partial charge in [-0.1, -0.05) is 60.5 Å². The summed E-state index contributed by atoms with van der Waals surface area (Å²) in [5.74, 6) is -0.0111. The molecule has 1 aliphatic heterocycles. The Morgan fingerprint density at radius 1 is 0.841 bits per heavy atom. The Bertz CT molecular complexity index is 1710. The van der Waals surface area contributed by atoms with E-state index in [1.807, 2.05) is 13.0 Å². The molecule has 1 aliphatic rings. The van der Waals surface area contributed by atoms with Gasteiger partial charge >= 0.3 is 0 Å². The predicted octanol–water partition coefficient (Wildman–Crippen LogP) is 7.64. The summed E-state index contributed by atoms with van der Waals surface area (Å²) in [6.45, 7) is 2.08. The molecule has 4 aromatic carbocycles. The van der Waals surface area contributed by atoms with E-state index in [2.05, 4.69) is 16.0 Å². The van der Waals surface area contributed by atoms with Gasteiger partial charge in [0.15, 0.2) is 11.5 Å². The molecule has 0 bridgehead atoms. The number of hydrogen-bond acceptors (Lipinski definition) is 6. The molecule has 0 aromatic heterocycles. The maximum Gasteiger partial charge on any atom is 0.272 e. The van der Waals surface area contributed by atoms with Crippen LogP contribution in [0.15, 0.2) is 102 Å². The van der Waals surface area contributed by atoms with Crippen LogP contribution in [-0.2, 0) is 9.59 Å². The first-order valence-corrected chi connectivity index (χ1v) is 15.2. The molecule has 1 heterocycles. The van der Waals surface area contributed by atoms with Crippen LogP contribution in [0.3, 0.4) is 0 Å². The van der Waals surface area contributed by atoms with Crippen molar-refractivity contribution < 1.29 is 23.9 Å². The van der Waals surface area contributed by atoms with Crippen LogP contribution in [0, 0.1) is 0 Å². The summed E-state index contributed by atoms with van der Waals surface area (Å²) >= 11 is 14.1. The lowest BCUT2D eigenvalue weighted by atomic mass is 10.1. The minimum absolute atomic E-state index is 0.0542. The number of amides is 3. The summed E-state index contributed by atoms with van der Waals surface area (Å²) in [5.41, 5.74) is 1.78. The lowest BCUT2D eigenvalue weighted by molar-refractivity contribution is -0.116. The molecule has 0 saturated heterocycles. The van der Waals surface area contributed by atoms with Gasteiger partial charge in [-0.3, -0.25) is 14.4 Å². The molecule has 0 fully saturated rings. The molecular formula is C33H27Cl2N3O5S. The van der Waals surface area contributed by atoms with E-state index >= 15 is 0 Å². The molecule has 8 nitrogen and oxygen atoms in total. The largest absolute Gasteiger partial charge is 0.454 e. The molecule has 4 aromatic rings. The maximum atomic E-state index is 13.5. The van der Waals surface area contributed by atoms with Gasteiger partial charge in [0.25, 0.3) is 11.8 Å². The SMILES string of the molecule is CCC(Sc1cccc(NC(=O)/C(=C\c2c(Cl)cccc2Cl)NC(=O)c2ccccc2)c1)C(=O)Nc1ccc2c(c1)OCO2. The number of benzene rings is 4. The monoisotopic (exact) mass is 647 g/mol. The molecular weight excluding hydrogens is 621 g/mol. The average molecular weight is 649 g/mol. The third-order valence-corrected chi connectivity index (χ3v) is 8.51. The van der Waals surface area contributed by atoms with E-state index in [9.17, 15) is 14.4 Å². The van der Waals surface area contributed by atoms with Gasteiger partial charge in [0.1, 0.15) is 5.70 Å². The first kappa shape index (κ1) is 31.0. The molecule has 0 radical (unpaired) electrons. The van der Waals surface area contributed by atoms with Gasteiger partial charge < -0.3 is 25.4 Å². The van der Waals surface area contributed by atoms with Crippen molar-refractivity contribution in [1.82, 2.24) is 5.32 Å². The van der Waals surface area contributed by atoms with Crippen LogP contribution in [-0.4, -0.2) is 29.8 Å². The van der Waals surface area contributed by atoms with Gasteiger partial charge in [-0.25, -0.2) is 0 Å². The number of fused-ring (bicyclic) bond motifs is 1. The first-order valence-electron chi connectivity index (χ1n) is 13.6. The van der Waals surface area contributed by atoms with Crippen molar-refractivity contribution in [2.24, 2.45) is 0 Å². The van der Waals surface area contributed by atoms with E-state index in [1.54, 1.807) is 84.9 Å². The smallest absolute Gasteiger partial charge is 0.272 e. The van der Waals surface area contributed by atoms with Crippen LogP contribution < -0.4 is 25.4 Å². The fourth-order valence-corrected chi connectivity index (χ4v) is 5.78. The average Bonchev–Trinajstić information content (AvgIpc) is 3.49. The second kappa shape index (κ2) is 14.4. The second-order valence-corrected chi connectivity index (χ2v) is 11.7. The highest BCUT2D eigenvalue weighted by Gasteiger charge is 2.21. The number of carbonyl (C=O) groups is 3. The normalized spacial score (nSPS) is 12.8. The highest BCUT2D eigenvalue weighted by Crippen LogP contribution is 2.35. The zero-order chi connectivity index (χ0) is 31.1. The Morgan fingerprint density at radius 3 is 2.30 bits per heavy atom. The Kier molecular flexibility index (Phi) is 10.1. The fraction of sp³-hybridized carbons (Fsp3) is 0.121. The Balaban J connectivity index is 1.31. The van der Waals surface area contributed by atoms with Gasteiger partial charge in [0, 0.05) is 43.5 Å². The van der Waals surface area contributed by atoms with E-state index in [0.717, 1.165) is 4.90 Å². The van der Waals surface area contributed by atoms with E-state index < -0.39 is 17.1 Å². The number of anilines is 2. The molecule has 44 heavy (non-hydrogen) atoms. The number of hydrogen-bond donors (Lipinski definition) is 3. The van der Waals surface area contributed by atoms with E-state index in [4.69, 9.17) is 32.7 Å². The Labute approximate surface area is 268 Å². The molecule has 0 aliphatic carbocycles. The number of rotatable bonds is 10. The molecule has 1 unspecified atom stereocenters. The molecule has 5 rings (SSSR count). The van der Waals surface area contributed by atoms with Gasteiger partial charge in [0.2, 0.25) is 12.7 Å². The zero-order valence-corrected chi connectivity index (χ0v) is 25.8. The van der Waals surface area contributed by atoms with Crippen LogP contribution >= 0.6 is 35.0 Å². The van der Waals surface area contributed by atoms with Crippen LogP contribution in [0.4, 0.5) is 11.4 Å². The van der Waals surface area contributed by atoms with E-state index in [-0.39, 0.29) is 18.4 Å². The van der Waals surface area contributed by atoms with Crippen molar-refractivity contribution in [3.63, 3.8) is 0 Å². The molecule has 11 heteroatoms. The predicted molar refractivity (Wildman–Crippen MR) is 175 cm³/mol. The third-order valence-electron chi connectivity index (χ3n) is 6.49. The maximum absolute atomic E-state index is 13.5. The van der Waals surface area contributed by atoms with Gasteiger partial charge in [-0.05, 0) is 67.1 Å². The highest BCUT2D eigenvalue weighted by atomic mass is 35.5. The third kappa shape index (κ3) is 7.74. The summed E-state index contributed by atoms with van der Waals surface area (Å²) in [7, 11) is 0. The van der Waals surface area contributed by atoms with E-state index in [0.29, 0.717) is 50.5 Å². The minimum Gasteiger partial charge on any atom is -0.454 e. The Hall–Kier alpha value is -4.44. The second-order valence-electron chi connectivity index (χ2n) is 9.57. The van der Waals surface area contributed by atoms with E-state index in [1.165, 1.54) is 17.8 Å². The number of nitrogens with one attached hydrogen (secondary N) is 3. The van der Waals surface area contributed by atoms with Crippen molar-refractivity contribution in [1.29, 1.82) is 0 Å². The van der Waals surface area contributed by atoms with Gasteiger partial charge in [0.05, 0.1) is 5.25 Å². The summed E-state index contributed by atoms with van der Waals surface area (Å²) in [4.78, 5) is 40.4. The van der Waals surface area contributed by atoms with Crippen molar-refractivity contribution >= 4 is 70.1 Å². The first-order chi connectivity index (χ1) is 21.3. The molecule has 3 amide bonds. The number of ether oxygens (including phenoxy) is 2. The van der Waals surface area contributed by atoms with Crippen molar-refractivity contribution in [2.75, 3.05) is 17.4 Å². The van der Waals surface area contributed by atoms with Gasteiger partial charge in [-0.2, -0.15) is 0 Å². The standard InChI is InChI=1S/C33H27Cl2N3O5S/c1-2-30(33(41)37-22-14-15-28-29(17-22)43-19-42-28)44-23-11-6-10-21(16-23)36-32(40)27(18-24-25(34)12-7-13-26(24)35)38-31(39)20-8-4-3-5-9-20/h3-18,30H,2,19H2,1H3,(H,36,40)(H,37,41)(H,38,39)/b27-18+. The van der Waals surface area contributed by atoms with Crippen LogP contribution in [0.2, 0.25) is 10.0 Å². The molecule has 1 atom stereocenters. The van der Waals surface area contributed by atoms with Gasteiger partial charge in [-0.15, -0.1) is 11.8 Å². The highest BCUT2D eigenvalue weighted by molar-refractivity contribution is 8.00. The topological polar surface area (TPSA) is 106 Å². The Morgan fingerprint density at radius 2 is 1.55 bits per heavy atom. The number of halogens is 2. The minimum atomic E-state index is -0.583.